The van der Waals surface area contributed by atoms with Crippen molar-refractivity contribution in [1.82, 2.24) is 9.55 Å². The Balaban J connectivity index is 1.64. The van der Waals surface area contributed by atoms with Gasteiger partial charge in [0.25, 0.3) is 5.56 Å². The minimum absolute atomic E-state index is 0.0442. The van der Waals surface area contributed by atoms with Crippen molar-refractivity contribution < 1.29 is 4.79 Å². The maximum Gasteiger partial charge on any atom is 0.262 e. The molecule has 0 fully saturated rings. The molecule has 1 aromatic carbocycles. The largest absolute Gasteiger partial charge is 0.311 e. The first-order valence-corrected chi connectivity index (χ1v) is 11.1. The fraction of sp³-hybridized carbons (Fsp3) is 0.381. The first-order valence-electron chi connectivity index (χ1n) is 9.41. The van der Waals surface area contributed by atoms with Crippen LogP contribution in [-0.4, -0.2) is 27.3 Å². The molecule has 0 saturated heterocycles. The number of carbonyl (C=O) groups excluding carboxylic acids is 1. The maximum absolute atomic E-state index is 13.2. The lowest BCUT2D eigenvalue weighted by Gasteiger charge is -2.31. The van der Waals surface area contributed by atoms with Crippen LogP contribution in [0.1, 0.15) is 29.3 Å². The lowest BCUT2D eigenvalue weighted by molar-refractivity contribution is -0.117. The zero-order chi connectivity index (χ0) is 20.0. The number of hydrogen-bond donors (Lipinski definition) is 0. The van der Waals surface area contributed by atoms with Crippen molar-refractivity contribution in [2.45, 2.75) is 44.0 Å². The van der Waals surface area contributed by atoms with Crippen LogP contribution in [0, 0.1) is 13.8 Å². The van der Waals surface area contributed by atoms with Gasteiger partial charge in [-0.05, 0) is 50.8 Å². The average molecular weight is 414 g/mol. The van der Waals surface area contributed by atoms with E-state index in [9.17, 15) is 9.59 Å². The predicted molar refractivity (Wildman–Crippen MR) is 117 cm³/mol. The minimum atomic E-state index is -0.330. The van der Waals surface area contributed by atoms with Gasteiger partial charge in [0.05, 0.1) is 10.6 Å². The lowest BCUT2D eigenvalue weighted by Crippen LogP contribution is -2.40. The summed E-state index contributed by atoms with van der Waals surface area (Å²) in [6, 6.07) is 8.10. The van der Waals surface area contributed by atoms with E-state index in [2.05, 4.69) is 6.07 Å². The standard InChI is InChI=1S/C21H23N3O2S2/c1-12-13(2)27-18-17(12)20(26)23(4)21(22-18)28-14(3)19(25)24-11-7-9-15-8-5-6-10-16(15)24/h5-6,8,10,14H,7,9,11H2,1-4H3. The number of amides is 1. The third kappa shape index (κ3) is 3.16. The summed E-state index contributed by atoms with van der Waals surface area (Å²) < 4.78 is 1.57. The van der Waals surface area contributed by atoms with Crippen LogP contribution in [-0.2, 0) is 18.3 Å². The Labute approximate surface area is 172 Å². The Morgan fingerprint density at radius 2 is 2.04 bits per heavy atom. The van der Waals surface area contributed by atoms with Crippen LogP contribution >= 0.6 is 23.1 Å². The summed E-state index contributed by atoms with van der Waals surface area (Å²) in [6.07, 6.45) is 1.97. The molecule has 146 valence electrons. The SMILES string of the molecule is Cc1sc2nc(SC(C)C(=O)N3CCCc4ccccc43)n(C)c(=O)c2c1C. The van der Waals surface area contributed by atoms with Gasteiger partial charge in [-0.2, -0.15) is 0 Å². The zero-order valence-electron chi connectivity index (χ0n) is 16.5. The number of anilines is 1. The molecule has 0 aliphatic carbocycles. The van der Waals surface area contributed by atoms with Crippen LogP contribution in [0.15, 0.2) is 34.2 Å². The van der Waals surface area contributed by atoms with Gasteiger partial charge in [-0.3, -0.25) is 14.2 Å². The summed E-state index contributed by atoms with van der Waals surface area (Å²) in [7, 11) is 1.73. The van der Waals surface area contributed by atoms with Gasteiger partial charge >= 0.3 is 0 Å². The van der Waals surface area contributed by atoms with E-state index in [1.807, 2.05) is 43.9 Å². The van der Waals surface area contributed by atoms with Gasteiger partial charge in [0.1, 0.15) is 4.83 Å². The molecule has 4 rings (SSSR count). The monoisotopic (exact) mass is 413 g/mol. The van der Waals surface area contributed by atoms with Crippen molar-refractivity contribution in [3.05, 3.63) is 50.6 Å². The Bertz CT molecular complexity index is 1130. The quantitative estimate of drug-likeness (QED) is 0.480. The van der Waals surface area contributed by atoms with E-state index in [1.54, 1.807) is 11.6 Å². The van der Waals surface area contributed by atoms with Crippen LogP contribution in [0.5, 0.6) is 0 Å². The molecule has 0 bridgehead atoms. The molecule has 1 amide bonds. The highest BCUT2D eigenvalue weighted by atomic mass is 32.2. The van der Waals surface area contributed by atoms with E-state index in [1.165, 1.54) is 28.7 Å². The molecule has 1 unspecified atom stereocenters. The number of thioether (sulfide) groups is 1. The van der Waals surface area contributed by atoms with E-state index >= 15 is 0 Å². The highest BCUT2D eigenvalue weighted by Gasteiger charge is 2.28. The molecule has 7 heteroatoms. The number of benzene rings is 1. The molecule has 28 heavy (non-hydrogen) atoms. The van der Waals surface area contributed by atoms with Crippen molar-refractivity contribution in [2.24, 2.45) is 7.05 Å². The second-order valence-electron chi connectivity index (χ2n) is 7.20. The van der Waals surface area contributed by atoms with Gasteiger partial charge in [0.15, 0.2) is 5.16 Å². The fourth-order valence-corrected chi connectivity index (χ4v) is 5.66. The van der Waals surface area contributed by atoms with E-state index in [-0.39, 0.29) is 16.7 Å². The van der Waals surface area contributed by atoms with Gasteiger partial charge in [-0.15, -0.1) is 11.3 Å². The van der Waals surface area contributed by atoms with Crippen molar-refractivity contribution in [2.75, 3.05) is 11.4 Å². The smallest absolute Gasteiger partial charge is 0.262 e. The maximum atomic E-state index is 13.2. The molecule has 3 heterocycles. The molecule has 0 N–H and O–H groups in total. The van der Waals surface area contributed by atoms with Gasteiger partial charge < -0.3 is 4.90 Å². The fourth-order valence-electron chi connectivity index (χ4n) is 3.65. The number of aryl methyl sites for hydroxylation is 3. The summed E-state index contributed by atoms with van der Waals surface area (Å²) >= 11 is 2.89. The van der Waals surface area contributed by atoms with Crippen molar-refractivity contribution in [1.29, 1.82) is 0 Å². The zero-order valence-corrected chi connectivity index (χ0v) is 18.1. The van der Waals surface area contributed by atoms with Crippen LogP contribution in [0.25, 0.3) is 10.2 Å². The number of hydrogen-bond acceptors (Lipinski definition) is 5. The molecule has 0 radical (unpaired) electrons. The second kappa shape index (κ2) is 7.37. The van der Waals surface area contributed by atoms with Crippen LogP contribution in [0.2, 0.25) is 0 Å². The predicted octanol–water partition coefficient (Wildman–Crippen LogP) is 4.07. The molecule has 1 atom stereocenters. The first-order chi connectivity index (χ1) is 13.4. The Hall–Kier alpha value is -2.12. The van der Waals surface area contributed by atoms with Crippen LogP contribution in [0.3, 0.4) is 0 Å². The highest BCUT2D eigenvalue weighted by Crippen LogP contribution is 2.32. The van der Waals surface area contributed by atoms with Gasteiger partial charge in [0.2, 0.25) is 5.91 Å². The Morgan fingerprint density at radius 3 is 2.82 bits per heavy atom. The summed E-state index contributed by atoms with van der Waals surface area (Å²) in [5, 5.41) is 0.951. The third-order valence-corrected chi connectivity index (χ3v) is 7.61. The lowest BCUT2D eigenvalue weighted by atomic mass is 10.0. The molecule has 2 aromatic heterocycles. The number of aromatic nitrogens is 2. The molecule has 1 aliphatic heterocycles. The normalized spacial score (nSPS) is 14.9. The van der Waals surface area contributed by atoms with Crippen molar-refractivity contribution in [3.8, 4) is 0 Å². The summed E-state index contributed by atoms with van der Waals surface area (Å²) in [5.41, 5.74) is 3.18. The number of nitrogens with zero attached hydrogens (tertiary/aromatic N) is 3. The number of carbonyl (C=O) groups is 1. The van der Waals surface area contributed by atoms with Gasteiger partial charge in [0, 0.05) is 24.2 Å². The average Bonchev–Trinajstić information content (AvgIpc) is 2.98. The van der Waals surface area contributed by atoms with Crippen molar-refractivity contribution >= 4 is 44.9 Å². The molecule has 0 saturated carbocycles. The number of fused-ring (bicyclic) bond motifs is 2. The molecule has 1 aliphatic rings. The number of thiophene rings is 1. The van der Waals surface area contributed by atoms with E-state index in [4.69, 9.17) is 4.98 Å². The van der Waals surface area contributed by atoms with Gasteiger partial charge in [-0.25, -0.2) is 4.98 Å². The summed E-state index contributed by atoms with van der Waals surface area (Å²) in [4.78, 5) is 34.4. The number of rotatable bonds is 3. The second-order valence-corrected chi connectivity index (χ2v) is 9.72. The number of para-hydroxylation sites is 1. The molecule has 3 aromatic rings. The molecular weight excluding hydrogens is 390 g/mol. The van der Waals surface area contributed by atoms with E-state index in [0.29, 0.717) is 10.5 Å². The highest BCUT2D eigenvalue weighted by molar-refractivity contribution is 8.00. The van der Waals surface area contributed by atoms with Crippen LogP contribution < -0.4 is 10.5 Å². The Morgan fingerprint density at radius 1 is 1.29 bits per heavy atom. The summed E-state index contributed by atoms with van der Waals surface area (Å²) in [5.74, 6) is 0.0602. The van der Waals surface area contributed by atoms with Gasteiger partial charge in [-0.1, -0.05) is 30.0 Å². The van der Waals surface area contributed by atoms with Crippen molar-refractivity contribution in [3.63, 3.8) is 0 Å². The van der Waals surface area contributed by atoms with E-state index in [0.717, 1.165) is 40.3 Å². The third-order valence-electron chi connectivity index (χ3n) is 5.38. The molecule has 0 spiro atoms. The first kappa shape index (κ1) is 19.2. The summed E-state index contributed by atoms with van der Waals surface area (Å²) in [6.45, 7) is 6.60. The minimum Gasteiger partial charge on any atom is -0.311 e. The molecule has 5 nitrogen and oxygen atoms in total. The van der Waals surface area contributed by atoms with E-state index < -0.39 is 0 Å². The topological polar surface area (TPSA) is 55.2 Å². The molecular formula is C21H23N3O2S2. The Kier molecular flexibility index (Phi) is 5.05. The van der Waals surface area contributed by atoms with Crippen LogP contribution in [0.4, 0.5) is 5.69 Å².